The fourth-order valence-corrected chi connectivity index (χ4v) is 4.14. The van der Waals surface area contributed by atoms with Gasteiger partial charge in [-0.3, -0.25) is 10.1 Å². The third-order valence-electron chi connectivity index (χ3n) is 4.59. The summed E-state index contributed by atoms with van der Waals surface area (Å²) in [5.41, 5.74) is 10.3. The molecule has 7 heteroatoms. The highest BCUT2D eigenvalue weighted by molar-refractivity contribution is 7.99. The summed E-state index contributed by atoms with van der Waals surface area (Å²) in [4.78, 5) is 18.1. The Kier molecular flexibility index (Phi) is 6.36. The fraction of sp³-hybridized carbons (Fsp3) is 0.400. The zero-order valence-electron chi connectivity index (χ0n) is 15.7. The Hall–Kier alpha value is -2.09. The number of thioether (sulfide) groups is 1. The van der Waals surface area contributed by atoms with Gasteiger partial charge in [0.2, 0.25) is 0 Å². The minimum absolute atomic E-state index is 0.0973. The van der Waals surface area contributed by atoms with E-state index in [2.05, 4.69) is 15.6 Å². The molecule has 0 aliphatic carbocycles. The van der Waals surface area contributed by atoms with E-state index in [4.69, 9.17) is 5.73 Å². The Morgan fingerprint density at radius 1 is 1.15 bits per heavy atom. The van der Waals surface area contributed by atoms with Crippen molar-refractivity contribution in [2.24, 2.45) is 0 Å². The van der Waals surface area contributed by atoms with Crippen LogP contribution in [0.15, 0.2) is 29.2 Å². The number of benzene rings is 1. The zero-order valence-corrected chi connectivity index (χ0v) is 16.5. The summed E-state index contributed by atoms with van der Waals surface area (Å²) in [6, 6.07) is 7.76. The van der Waals surface area contributed by atoms with Crippen LogP contribution in [0.3, 0.4) is 0 Å². The molecule has 1 aliphatic rings. The Morgan fingerprint density at radius 2 is 1.93 bits per heavy atom. The molecule has 144 valence electrons. The first-order chi connectivity index (χ1) is 12.9. The van der Waals surface area contributed by atoms with Gasteiger partial charge in [0.15, 0.2) is 0 Å². The van der Waals surface area contributed by atoms with Crippen LogP contribution in [0.1, 0.15) is 34.3 Å². The van der Waals surface area contributed by atoms with Gasteiger partial charge in [-0.25, -0.2) is 4.98 Å². The molecule has 2 heterocycles. The van der Waals surface area contributed by atoms with Crippen LogP contribution in [0, 0.1) is 13.8 Å². The predicted octanol–water partition coefficient (Wildman–Crippen LogP) is 2.47. The molecule has 4 bridgehead atoms. The number of anilines is 1. The number of aliphatic hydroxyl groups is 1. The van der Waals surface area contributed by atoms with E-state index in [1.165, 1.54) is 0 Å². The molecule has 1 amide bonds. The summed E-state index contributed by atoms with van der Waals surface area (Å²) in [7, 11) is 0. The first-order valence-corrected chi connectivity index (χ1v) is 10.1. The average Bonchev–Trinajstić information content (AvgIpc) is 2.60. The van der Waals surface area contributed by atoms with E-state index in [9.17, 15) is 9.90 Å². The number of nitrogens with zero attached hydrogens (tertiary/aromatic N) is 1. The predicted molar refractivity (Wildman–Crippen MR) is 110 cm³/mol. The van der Waals surface area contributed by atoms with Gasteiger partial charge in [-0.1, -0.05) is 6.07 Å². The van der Waals surface area contributed by atoms with E-state index in [0.717, 1.165) is 39.5 Å². The molecule has 1 unspecified atom stereocenters. The fourth-order valence-electron chi connectivity index (χ4n) is 3.16. The SMILES string of the molecule is Cc1cc(C)c2cc1C(=O)NCCCNC(O)CCSc1cc(N)nc-2c1. The van der Waals surface area contributed by atoms with Crippen molar-refractivity contribution in [3.63, 3.8) is 0 Å². The summed E-state index contributed by atoms with van der Waals surface area (Å²) in [5.74, 6) is 1.12. The minimum Gasteiger partial charge on any atom is -0.384 e. The van der Waals surface area contributed by atoms with Gasteiger partial charge < -0.3 is 16.2 Å². The number of carbonyl (C=O) groups excluding carboxylic acids is 1. The van der Waals surface area contributed by atoms with E-state index >= 15 is 0 Å². The number of nitrogen functional groups attached to an aromatic ring is 1. The number of hydrogen-bond donors (Lipinski definition) is 4. The number of aromatic nitrogens is 1. The maximum Gasteiger partial charge on any atom is 0.251 e. The van der Waals surface area contributed by atoms with Crippen molar-refractivity contribution in [3.8, 4) is 11.3 Å². The first kappa shape index (κ1) is 19.7. The Labute approximate surface area is 164 Å². The lowest BCUT2D eigenvalue weighted by Gasteiger charge is -2.16. The van der Waals surface area contributed by atoms with Gasteiger partial charge in [-0.2, -0.15) is 0 Å². The van der Waals surface area contributed by atoms with Crippen LogP contribution in [0.5, 0.6) is 0 Å². The molecular formula is C20H26N4O2S. The van der Waals surface area contributed by atoms with Gasteiger partial charge in [0.25, 0.3) is 5.91 Å². The van der Waals surface area contributed by atoms with Crippen molar-refractivity contribution in [2.75, 3.05) is 24.6 Å². The number of pyridine rings is 1. The van der Waals surface area contributed by atoms with Gasteiger partial charge in [0, 0.05) is 28.3 Å². The van der Waals surface area contributed by atoms with Gasteiger partial charge >= 0.3 is 0 Å². The standard InChI is InChI=1S/C20H26N4O2S/c1-12-8-13(2)16-11-15(12)17-9-14(10-18(21)24-17)27-7-4-19(25)22-5-3-6-23-20(16)26/h8-11,19,22,25H,3-7H2,1-2H3,(H2,21,24)(H,23,26). The average molecular weight is 387 g/mol. The van der Waals surface area contributed by atoms with Crippen molar-refractivity contribution in [3.05, 3.63) is 41.0 Å². The van der Waals surface area contributed by atoms with Crippen molar-refractivity contribution >= 4 is 23.5 Å². The smallest absolute Gasteiger partial charge is 0.251 e. The van der Waals surface area contributed by atoms with Crippen molar-refractivity contribution in [1.82, 2.24) is 15.6 Å². The maximum atomic E-state index is 12.6. The Morgan fingerprint density at radius 3 is 2.74 bits per heavy atom. The van der Waals surface area contributed by atoms with E-state index in [1.807, 2.05) is 38.1 Å². The number of fused-ring (bicyclic) bond motifs is 5. The highest BCUT2D eigenvalue weighted by atomic mass is 32.2. The summed E-state index contributed by atoms with van der Waals surface area (Å²) >= 11 is 1.64. The van der Waals surface area contributed by atoms with E-state index in [1.54, 1.807) is 11.8 Å². The van der Waals surface area contributed by atoms with Gasteiger partial charge in [0.1, 0.15) is 12.0 Å². The molecule has 2 aromatic rings. The first-order valence-electron chi connectivity index (χ1n) is 9.15. The summed E-state index contributed by atoms with van der Waals surface area (Å²) in [6.45, 7) is 5.16. The molecule has 6 nitrogen and oxygen atoms in total. The van der Waals surface area contributed by atoms with Crippen LogP contribution in [-0.4, -0.2) is 41.1 Å². The number of carbonyl (C=O) groups is 1. The molecule has 5 N–H and O–H groups in total. The van der Waals surface area contributed by atoms with Crippen molar-refractivity contribution in [1.29, 1.82) is 0 Å². The number of nitrogens with one attached hydrogen (secondary N) is 2. The molecular weight excluding hydrogens is 360 g/mol. The Bertz CT molecular complexity index is 841. The Balaban J connectivity index is 2.02. The zero-order chi connectivity index (χ0) is 19.4. The topological polar surface area (TPSA) is 100 Å². The maximum absolute atomic E-state index is 12.6. The van der Waals surface area contributed by atoms with Crippen LogP contribution in [0.2, 0.25) is 0 Å². The highest BCUT2D eigenvalue weighted by Gasteiger charge is 2.15. The molecule has 1 atom stereocenters. The lowest BCUT2D eigenvalue weighted by molar-refractivity contribution is 0.0951. The molecule has 0 saturated carbocycles. The molecule has 1 aliphatic heterocycles. The molecule has 27 heavy (non-hydrogen) atoms. The van der Waals surface area contributed by atoms with Gasteiger partial charge in [0.05, 0.1) is 5.69 Å². The normalized spacial score (nSPS) is 18.8. The number of rotatable bonds is 0. The quantitative estimate of drug-likeness (QED) is 0.555. The van der Waals surface area contributed by atoms with Gasteiger partial charge in [-0.15, -0.1) is 11.8 Å². The second-order valence-corrected chi connectivity index (χ2v) is 7.98. The third kappa shape index (κ3) is 5.00. The molecule has 1 aromatic heterocycles. The molecule has 1 aromatic carbocycles. The summed E-state index contributed by atoms with van der Waals surface area (Å²) < 4.78 is 0. The van der Waals surface area contributed by atoms with Crippen LogP contribution in [0.4, 0.5) is 5.82 Å². The van der Waals surface area contributed by atoms with Crippen LogP contribution in [0.25, 0.3) is 11.3 Å². The van der Waals surface area contributed by atoms with Crippen LogP contribution >= 0.6 is 11.8 Å². The lowest BCUT2D eigenvalue weighted by atomic mass is 9.97. The van der Waals surface area contributed by atoms with Crippen LogP contribution in [-0.2, 0) is 0 Å². The second-order valence-electron chi connectivity index (χ2n) is 6.81. The van der Waals surface area contributed by atoms with E-state index < -0.39 is 6.23 Å². The lowest BCUT2D eigenvalue weighted by Crippen LogP contribution is -2.33. The number of nitrogens with two attached hydrogens (primary N) is 1. The van der Waals surface area contributed by atoms with E-state index in [-0.39, 0.29) is 5.91 Å². The number of hydrogen-bond acceptors (Lipinski definition) is 6. The summed E-state index contributed by atoms with van der Waals surface area (Å²) in [5, 5.41) is 16.1. The third-order valence-corrected chi connectivity index (χ3v) is 5.60. The van der Waals surface area contributed by atoms with Crippen molar-refractivity contribution in [2.45, 2.75) is 37.8 Å². The number of aliphatic hydroxyl groups excluding tert-OH is 1. The molecule has 0 radical (unpaired) electrons. The molecule has 0 spiro atoms. The largest absolute Gasteiger partial charge is 0.384 e. The van der Waals surface area contributed by atoms with Crippen LogP contribution < -0.4 is 16.4 Å². The summed E-state index contributed by atoms with van der Waals surface area (Å²) in [6.07, 6.45) is 0.824. The van der Waals surface area contributed by atoms with E-state index in [0.29, 0.717) is 30.9 Å². The molecule has 0 saturated heterocycles. The van der Waals surface area contributed by atoms with Crippen molar-refractivity contribution < 1.29 is 9.90 Å². The minimum atomic E-state index is -0.558. The molecule has 3 rings (SSSR count). The monoisotopic (exact) mass is 386 g/mol. The second kappa shape index (κ2) is 8.73. The number of amides is 1. The number of aryl methyl sites for hydroxylation is 2. The van der Waals surface area contributed by atoms with Gasteiger partial charge in [-0.05, 0) is 62.6 Å². The molecule has 0 fully saturated rings. The highest BCUT2D eigenvalue weighted by Crippen LogP contribution is 2.30.